The third kappa shape index (κ3) is 4.89. The summed E-state index contributed by atoms with van der Waals surface area (Å²) < 4.78 is 32.7. The van der Waals surface area contributed by atoms with E-state index in [0.717, 1.165) is 6.07 Å². The standard InChI is InChI=1S/C17H20F2N2O2/c1-21(11-13-4-2-3-5-14(13)18)8-9-23-16-7-6-12(17(20)22)10-15(16)19/h2-3,5-7,10,13H,4,8-9,11H2,1H3,(H2,20,22). The quantitative estimate of drug-likeness (QED) is 0.840. The molecule has 0 spiro atoms. The molecule has 0 bridgehead atoms. The summed E-state index contributed by atoms with van der Waals surface area (Å²) in [6, 6.07) is 3.85. The van der Waals surface area contributed by atoms with Crippen LogP contribution >= 0.6 is 0 Å². The van der Waals surface area contributed by atoms with Crippen LogP contribution in [0.4, 0.5) is 8.78 Å². The van der Waals surface area contributed by atoms with Crippen LogP contribution in [0.15, 0.2) is 42.3 Å². The zero-order valence-electron chi connectivity index (χ0n) is 13.0. The van der Waals surface area contributed by atoms with E-state index in [1.165, 1.54) is 18.2 Å². The van der Waals surface area contributed by atoms with E-state index in [9.17, 15) is 13.6 Å². The molecule has 1 unspecified atom stereocenters. The third-order valence-corrected chi connectivity index (χ3v) is 3.68. The summed E-state index contributed by atoms with van der Waals surface area (Å²) in [6.07, 6.45) is 5.81. The number of benzene rings is 1. The van der Waals surface area contributed by atoms with E-state index >= 15 is 0 Å². The average Bonchev–Trinajstić information content (AvgIpc) is 2.51. The van der Waals surface area contributed by atoms with Crippen molar-refractivity contribution >= 4 is 5.91 Å². The lowest BCUT2D eigenvalue weighted by molar-refractivity contribution is 0.0999. The molecule has 0 heterocycles. The molecule has 1 aromatic carbocycles. The van der Waals surface area contributed by atoms with Crippen LogP contribution in [0.25, 0.3) is 0 Å². The van der Waals surface area contributed by atoms with Crippen molar-refractivity contribution in [1.82, 2.24) is 4.90 Å². The molecule has 124 valence electrons. The van der Waals surface area contributed by atoms with Crippen molar-refractivity contribution in [3.8, 4) is 5.75 Å². The summed E-state index contributed by atoms with van der Waals surface area (Å²) >= 11 is 0. The highest BCUT2D eigenvalue weighted by atomic mass is 19.1. The first kappa shape index (κ1) is 17.1. The Kier molecular flexibility index (Phi) is 5.87. The molecule has 2 N–H and O–H groups in total. The number of nitrogens with two attached hydrogens (primary N) is 1. The van der Waals surface area contributed by atoms with Crippen molar-refractivity contribution in [2.75, 3.05) is 26.7 Å². The summed E-state index contributed by atoms with van der Waals surface area (Å²) in [5.41, 5.74) is 5.18. The maximum atomic E-state index is 13.7. The van der Waals surface area contributed by atoms with Crippen molar-refractivity contribution in [1.29, 1.82) is 0 Å². The number of halogens is 2. The second kappa shape index (κ2) is 7.87. The van der Waals surface area contributed by atoms with E-state index in [0.29, 0.717) is 19.5 Å². The van der Waals surface area contributed by atoms with E-state index in [-0.39, 0.29) is 29.7 Å². The predicted molar refractivity (Wildman–Crippen MR) is 84.3 cm³/mol. The first-order valence-corrected chi connectivity index (χ1v) is 7.40. The fourth-order valence-electron chi connectivity index (χ4n) is 2.36. The van der Waals surface area contributed by atoms with Crippen molar-refractivity contribution in [3.63, 3.8) is 0 Å². The Morgan fingerprint density at radius 1 is 1.43 bits per heavy atom. The minimum atomic E-state index is -0.688. The minimum Gasteiger partial charge on any atom is -0.489 e. The molecular formula is C17H20F2N2O2. The molecule has 0 aliphatic heterocycles. The number of carbonyl (C=O) groups is 1. The molecule has 4 nitrogen and oxygen atoms in total. The molecule has 6 heteroatoms. The number of primary amides is 1. The van der Waals surface area contributed by atoms with Gasteiger partial charge in [-0.1, -0.05) is 12.2 Å². The van der Waals surface area contributed by atoms with Crippen molar-refractivity contribution in [2.24, 2.45) is 11.7 Å². The predicted octanol–water partition coefficient (Wildman–Crippen LogP) is 2.66. The van der Waals surface area contributed by atoms with Gasteiger partial charge in [0, 0.05) is 24.6 Å². The lowest BCUT2D eigenvalue weighted by Gasteiger charge is -2.23. The Bertz CT molecular complexity index is 629. The molecule has 0 aromatic heterocycles. The molecule has 1 amide bonds. The van der Waals surface area contributed by atoms with E-state index in [4.69, 9.17) is 10.5 Å². The van der Waals surface area contributed by atoms with Gasteiger partial charge in [-0.25, -0.2) is 8.78 Å². The maximum absolute atomic E-state index is 13.7. The highest BCUT2D eigenvalue weighted by Gasteiger charge is 2.17. The van der Waals surface area contributed by atoms with Gasteiger partial charge < -0.3 is 15.4 Å². The van der Waals surface area contributed by atoms with E-state index in [1.54, 1.807) is 6.08 Å². The van der Waals surface area contributed by atoms with Crippen LogP contribution in [0, 0.1) is 11.7 Å². The molecule has 0 saturated heterocycles. The van der Waals surface area contributed by atoms with Crippen LogP contribution in [0.1, 0.15) is 16.8 Å². The monoisotopic (exact) mass is 322 g/mol. The molecule has 1 aromatic rings. The molecule has 2 rings (SSSR count). The van der Waals surface area contributed by atoms with Crippen molar-refractivity contribution in [2.45, 2.75) is 6.42 Å². The molecule has 0 fully saturated rings. The largest absolute Gasteiger partial charge is 0.489 e. The van der Waals surface area contributed by atoms with Gasteiger partial charge in [0.25, 0.3) is 0 Å². The summed E-state index contributed by atoms with van der Waals surface area (Å²) in [6.45, 7) is 1.36. The van der Waals surface area contributed by atoms with Gasteiger partial charge in [-0.15, -0.1) is 0 Å². The van der Waals surface area contributed by atoms with Gasteiger partial charge in [0.2, 0.25) is 5.91 Å². The normalized spacial score (nSPS) is 17.2. The lowest BCUT2D eigenvalue weighted by Crippen LogP contribution is -2.30. The van der Waals surface area contributed by atoms with Gasteiger partial charge in [0.15, 0.2) is 11.6 Å². The van der Waals surface area contributed by atoms with E-state index < -0.39 is 11.7 Å². The Morgan fingerprint density at radius 2 is 2.22 bits per heavy atom. The molecule has 23 heavy (non-hydrogen) atoms. The topological polar surface area (TPSA) is 55.6 Å². The fourth-order valence-corrected chi connectivity index (χ4v) is 2.36. The number of allylic oxidation sites excluding steroid dienone is 3. The zero-order valence-corrected chi connectivity index (χ0v) is 13.0. The lowest BCUT2D eigenvalue weighted by atomic mass is 9.99. The first-order valence-electron chi connectivity index (χ1n) is 7.40. The number of rotatable bonds is 7. The summed E-state index contributed by atoms with van der Waals surface area (Å²) in [7, 11) is 1.86. The highest BCUT2D eigenvalue weighted by molar-refractivity contribution is 5.92. The van der Waals surface area contributed by atoms with Gasteiger partial charge in [0.05, 0.1) is 0 Å². The summed E-state index contributed by atoms with van der Waals surface area (Å²) in [5, 5.41) is 0. The minimum absolute atomic E-state index is 0.0649. The molecular weight excluding hydrogens is 302 g/mol. The molecule has 1 aliphatic carbocycles. The number of likely N-dealkylation sites (N-methyl/N-ethyl adjacent to an activating group) is 1. The summed E-state index contributed by atoms with van der Waals surface area (Å²) in [5.74, 6) is -1.51. The highest BCUT2D eigenvalue weighted by Crippen LogP contribution is 2.22. The van der Waals surface area contributed by atoms with Crippen LogP contribution in [0.5, 0.6) is 5.75 Å². The number of nitrogens with zero attached hydrogens (tertiary/aromatic N) is 1. The molecule has 1 aliphatic rings. The van der Waals surface area contributed by atoms with E-state index in [2.05, 4.69) is 0 Å². The number of hydrogen-bond acceptors (Lipinski definition) is 3. The third-order valence-electron chi connectivity index (χ3n) is 3.68. The van der Waals surface area contributed by atoms with Gasteiger partial charge in [-0.05, 0) is 37.7 Å². The first-order chi connectivity index (χ1) is 11.0. The van der Waals surface area contributed by atoms with Crippen molar-refractivity contribution < 1.29 is 18.3 Å². The average molecular weight is 322 g/mol. The maximum Gasteiger partial charge on any atom is 0.248 e. The second-order valence-electron chi connectivity index (χ2n) is 5.53. The number of ether oxygens (including phenoxy) is 1. The van der Waals surface area contributed by atoms with Crippen LogP contribution in [-0.4, -0.2) is 37.6 Å². The molecule has 0 saturated carbocycles. The Balaban J connectivity index is 1.79. The zero-order chi connectivity index (χ0) is 16.8. The Hall–Kier alpha value is -2.21. The van der Waals surface area contributed by atoms with Crippen LogP contribution in [0.3, 0.4) is 0 Å². The number of carbonyl (C=O) groups excluding carboxylic acids is 1. The molecule has 0 radical (unpaired) electrons. The van der Waals surface area contributed by atoms with Gasteiger partial charge in [0.1, 0.15) is 12.4 Å². The fraction of sp³-hybridized carbons (Fsp3) is 0.353. The van der Waals surface area contributed by atoms with E-state index in [1.807, 2.05) is 18.0 Å². The van der Waals surface area contributed by atoms with Gasteiger partial charge >= 0.3 is 0 Å². The smallest absolute Gasteiger partial charge is 0.248 e. The van der Waals surface area contributed by atoms with Crippen LogP contribution < -0.4 is 10.5 Å². The van der Waals surface area contributed by atoms with Crippen molar-refractivity contribution in [3.05, 3.63) is 53.6 Å². The number of hydrogen-bond donors (Lipinski definition) is 1. The van der Waals surface area contributed by atoms with Crippen LogP contribution in [-0.2, 0) is 0 Å². The molecule has 1 atom stereocenters. The second-order valence-corrected chi connectivity index (χ2v) is 5.53. The number of amides is 1. The Morgan fingerprint density at radius 3 is 2.87 bits per heavy atom. The summed E-state index contributed by atoms with van der Waals surface area (Å²) in [4.78, 5) is 12.9. The SMILES string of the molecule is CN(CCOc1ccc(C(N)=O)cc1F)CC1CC=CC=C1F. The van der Waals surface area contributed by atoms with Crippen LogP contribution in [0.2, 0.25) is 0 Å². The van der Waals surface area contributed by atoms with Gasteiger partial charge in [-0.3, -0.25) is 4.79 Å². The Labute approximate surface area is 134 Å². The van der Waals surface area contributed by atoms with Gasteiger partial charge in [-0.2, -0.15) is 0 Å².